The Bertz CT molecular complexity index is 1020. The van der Waals surface area contributed by atoms with E-state index in [-0.39, 0.29) is 12.0 Å². The van der Waals surface area contributed by atoms with E-state index in [9.17, 15) is 5.11 Å². The summed E-state index contributed by atoms with van der Waals surface area (Å²) in [4.78, 5) is 2.15. The number of benzene rings is 2. The summed E-state index contributed by atoms with van der Waals surface area (Å²) < 4.78 is 5.70. The first-order chi connectivity index (χ1) is 15.4. The Morgan fingerprint density at radius 3 is 2.75 bits per heavy atom. The summed E-state index contributed by atoms with van der Waals surface area (Å²) in [6.07, 6.45) is 5.31. The van der Waals surface area contributed by atoms with Crippen LogP contribution in [0.15, 0.2) is 42.5 Å². The minimum Gasteiger partial charge on any atom is -0.491 e. The predicted molar refractivity (Wildman–Crippen MR) is 129 cm³/mol. The van der Waals surface area contributed by atoms with Crippen molar-refractivity contribution in [3.63, 3.8) is 0 Å². The number of aryl methyl sites for hydroxylation is 1. The number of ether oxygens (including phenoxy) is 1. The zero-order valence-corrected chi connectivity index (χ0v) is 19.5. The number of hydrogen-bond donors (Lipinski definition) is 2. The van der Waals surface area contributed by atoms with Gasteiger partial charge in [0.05, 0.1) is 6.61 Å². The van der Waals surface area contributed by atoms with Crippen LogP contribution in [0.1, 0.15) is 49.3 Å². The van der Waals surface area contributed by atoms with Gasteiger partial charge in [-0.3, -0.25) is 0 Å². The van der Waals surface area contributed by atoms with Crippen molar-refractivity contribution in [3.05, 3.63) is 59.2 Å². The van der Waals surface area contributed by atoms with Gasteiger partial charge in [0.15, 0.2) is 0 Å². The third-order valence-electron chi connectivity index (χ3n) is 7.39. The van der Waals surface area contributed by atoms with Gasteiger partial charge in [-0.05, 0) is 92.3 Å². The SMILES string of the molecule is CC#C[C@@]1(O)CC[C@@]2(Cc3cccc(N(C)C)c3)c3ccc(OCCO)cc3CC[C@@H]2C1. The van der Waals surface area contributed by atoms with Crippen molar-refractivity contribution in [2.45, 2.75) is 56.5 Å². The molecule has 0 heterocycles. The molecule has 3 atom stereocenters. The first-order valence-corrected chi connectivity index (χ1v) is 11.7. The van der Waals surface area contributed by atoms with E-state index in [1.165, 1.54) is 22.4 Å². The third kappa shape index (κ3) is 4.37. The molecule has 2 aromatic rings. The summed E-state index contributed by atoms with van der Waals surface area (Å²) in [6, 6.07) is 15.3. The van der Waals surface area contributed by atoms with E-state index in [1.54, 1.807) is 0 Å². The molecule has 170 valence electrons. The highest BCUT2D eigenvalue weighted by atomic mass is 16.5. The van der Waals surface area contributed by atoms with Crippen LogP contribution in [0.5, 0.6) is 5.75 Å². The molecule has 0 unspecified atom stereocenters. The second-order valence-corrected chi connectivity index (χ2v) is 9.63. The lowest BCUT2D eigenvalue weighted by atomic mass is 9.52. The molecule has 2 aliphatic rings. The van der Waals surface area contributed by atoms with Gasteiger partial charge in [0.2, 0.25) is 0 Å². The average molecular weight is 434 g/mol. The zero-order valence-electron chi connectivity index (χ0n) is 19.5. The van der Waals surface area contributed by atoms with Gasteiger partial charge >= 0.3 is 0 Å². The summed E-state index contributed by atoms with van der Waals surface area (Å²) in [5, 5.41) is 20.3. The van der Waals surface area contributed by atoms with Crippen LogP contribution in [0, 0.1) is 17.8 Å². The fourth-order valence-electron chi connectivity index (χ4n) is 5.90. The molecule has 1 saturated carbocycles. The number of aliphatic hydroxyl groups is 2. The summed E-state index contributed by atoms with van der Waals surface area (Å²) in [7, 11) is 4.16. The van der Waals surface area contributed by atoms with Crippen molar-refractivity contribution in [1.82, 2.24) is 0 Å². The van der Waals surface area contributed by atoms with Crippen LogP contribution in [0.3, 0.4) is 0 Å². The van der Waals surface area contributed by atoms with Crippen molar-refractivity contribution in [3.8, 4) is 17.6 Å². The van der Waals surface area contributed by atoms with Crippen molar-refractivity contribution < 1.29 is 14.9 Å². The Morgan fingerprint density at radius 2 is 2.00 bits per heavy atom. The number of aliphatic hydroxyl groups excluding tert-OH is 1. The smallest absolute Gasteiger partial charge is 0.125 e. The normalized spacial score (nSPS) is 26.3. The van der Waals surface area contributed by atoms with Crippen LogP contribution >= 0.6 is 0 Å². The zero-order chi connectivity index (χ0) is 22.8. The molecule has 2 aliphatic carbocycles. The van der Waals surface area contributed by atoms with Gasteiger partial charge in [0, 0.05) is 25.2 Å². The van der Waals surface area contributed by atoms with E-state index in [4.69, 9.17) is 9.84 Å². The molecule has 4 rings (SSSR count). The maximum absolute atomic E-state index is 11.2. The Hall–Kier alpha value is -2.48. The molecular formula is C28H35NO3. The molecule has 0 aliphatic heterocycles. The monoisotopic (exact) mass is 433 g/mol. The predicted octanol–water partition coefficient (Wildman–Crippen LogP) is 4.10. The average Bonchev–Trinajstić information content (AvgIpc) is 2.78. The fourth-order valence-corrected chi connectivity index (χ4v) is 5.90. The minimum atomic E-state index is -0.879. The van der Waals surface area contributed by atoms with E-state index in [0.29, 0.717) is 18.9 Å². The summed E-state index contributed by atoms with van der Waals surface area (Å²) in [6.45, 7) is 2.14. The van der Waals surface area contributed by atoms with Gasteiger partial charge in [-0.25, -0.2) is 0 Å². The highest BCUT2D eigenvalue weighted by Crippen LogP contribution is 2.54. The first kappa shape index (κ1) is 22.7. The lowest BCUT2D eigenvalue weighted by Gasteiger charge is -2.52. The summed E-state index contributed by atoms with van der Waals surface area (Å²) >= 11 is 0. The lowest BCUT2D eigenvalue weighted by Crippen LogP contribution is -2.50. The van der Waals surface area contributed by atoms with Crippen molar-refractivity contribution in [2.24, 2.45) is 5.92 Å². The van der Waals surface area contributed by atoms with Crippen LogP contribution in [0.25, 0.3) is 0 Å². The van der Waals surface area contributed by atoms with Crippen LogP contribution < -0.4 is 9.64 Å². The molecule has 4 nitrogen and oxygen atoms in total. The van der Waals surface area contributed by atoms with E-state index in [2.05, 4.69) is 67.2 Å². The highest BCUT2D eigenvalue weighted by molar-refractivity contribution is 5.50. The standard InChI is InChI=1S/C28H35NO3/c1-4-12-27(31)13-14-28(19-21-6-5-7-24(17-21)29(2)3)23(20-27)9-8-22-18-25(32-16-15-30)10-11-26(22)28/h5-7,10-11,17-18,23,30-31H,8-9,13-16,19-20H2,1-3H3/t23-,27-,28+/m1/s1. The van der Waals surface area contributed by atoms with E-state index in [1.807, 2.05) is 13.0 Å². The van der Waals surface area contributed by atoms with Gasteiger partial charge in [0.1, 0.15) is 18.0 Å². The largest absolute Gasteiger partial charge is 0.491 e. The second-order valence-electron chi connectivity index (χ2n) is 9.63. The molecule has 2 N–H and O–H groups in total. The minimum absolute atomic E-state index is 0.0162. The third-order valence-corrected chi connectivity index (χ3v) is 7.39. The quantitative estimate of drug-likeness (QED) is 0.674. The van der Waals surface area contributed by atoms with Gasteiger partial charge in [-0.1, -0.05) is 24.1 Å². The number of nitrogens with zero attached hydrogens (tertiary/aromatic N) is 1. The fraction of sp³-hybridized carbons (Fsp3) is 0.500. The van der Waals surface area contributed by atoms with Crippen LogP contribution in [-0.2, 0) is 18.3 Å². The summed E-state index contributed by atoms with van der Waals surface area (Å²) in [5.74, 6) is 7.27. The first-order valence-electron chi connectivity index (χ1n) is 11.7. The number of hydrogen-bond acceptors (Lipinski definition) is 4. The molecule has 0 bridgehead atoms. The summed E-state index contributed by atoms with van der Waals surface area (Å²) in [5.41, 5.74) is 4.38. The van der Waals surface area contributed by atoms with Gasteiger partial charge in [-0.2, -0.15) is 0 Å². The molecule has 4 heteroatoms. The van der Waals surface area contributed by atoms with Crippen LogP contribution in [-0.4, -0.2) is 43.1 Å². The number of anilines is 1. The van der Waals surface area contributed by atoms with Crippen LogP contribution in [0.4, 0.5) is 5.69 Å². The second kappa shape index (κ2) is 9.17. The van der Waals surface area contributed by atoms with Crippen LogP contribution in [0.2, 0.25) is 0 Å². The Morgan fingerprint density at radius 1 is 1.16 bits per heavy atom. The molecule has 32 heavy (non-hydrogen) atoms. The Balaban J connectivity index is 1.75. The van der Waals surface area contributed by atoms with Crippen molar-refractivity contribution >= 4 is 5.69 Å². The van der Waals surface area contributed by atoms with Crippen molar-refractivity contribution in [1.29, 1.82) is 0 Å². The van der Waals surface area contributed by atoms with Gasteiger partial charge in [-0.15, -0.1) is 5.92 Å². The molecular weight excluding hydrogens is 398 g/mol. The molecule has 0 spiro atoms. The van der Waals surface area contributed by atoms with E-state index < -0.39 is 5.60 Å². The molecule has 0 saturated heterocycles. The molecule has 0 amide bonds. The molecule has 0 radical (unpaired) electrons. The van der Waals surface area contributed by atoms with Gasteiger partial charge < -0.3 is 19.8 Å². The molecule has 1 fully saturated rings. The Kier molecular flexibility index (Phi) is 6.51. The van der Waals surface area contributed by atoms with E-state index >= 15 is 0 Å². The van der Waals surface area contributed by atoms with Crippen molar-refractivity contribution in [2.75, 3.05) is 32.2 Å². The lowest BCUT2D eigenvalue weighted by molar-refractivity contribution is -0.00805. The maximum Gasteiger partial charge on any atom is 0.125 e. The molecule has 2 aromatic carbocycles. The maximum atomic E-state index is 11.2. The molecule has 0 aromatic heterocycles. The van der Waals surface area contributed by atoms with E-state index in [0.717, 1.165) is 37.9 Å². The Labute approximate surface area is 192 Å². The number of fused-ring (bicyclic) bond motifs is 3. The number of rotatable bonds is 6. The van der Waals surface area contributed by atoms with Gasteiger partial charge in [0.25, 0.3) is 0 Å². The highest BCUT2D eigenvalue weighted by Gasteiger charge is 2.51. The topological polar surface area (TPSA) is 52.9 Å².